The van der Waals surface area contributed by atoms with Crippen molar-refractivity contribution >= 4 is 6.29 Å². The molecule has 19 heavy (non-hydrogen) atoms. The Kier molecular flexibility index (Phi) is 3.79. The van der Waals surface area contributed by atoms with Gasteiger partial charge in [-0.15, -0.1) is 0 Å². The molecular formula is C15H11NO3. The van der Waals surface area contributed by atoms with Crippen LogP contribution in [-0.2, 0) is 0 Å². The lowest BCUT2D eigenvalue weighted by Gasteiger charge is -2.11. The number of carbonyl (C=O) groups excluding carboxylic acids is 1. The highest BCUT2D eigenvalue weighted by Crippen LogP contribution is 2.33. The van der Waals surface area contributed by atoms with Crippen LogP contribution < -0.4 is 9.47 Å². The van der Waals surface area contributed by atoms with E-state index in [-0.39, 0.29) is 0 Å². The number of para-hydroxylation sites is 1. The number of nitrogens with zero attached hydrogens (tertiary/aromatic N) is 1. The van der Waals surface area contributed by atoms with Gasteiger partial charge in [0, 0.05) is 5.56 Å². The molecule has 0 saturated heterocycles. The molecule has 4 heteroatoms. The Bertz CT molecular complexity index is 644. The van der Waals surface area contributed by atoms with Crippen LogP contribution in [0.1, 0.15) is 15.9 Å². The normalized spacial score (nSPS) is 9.47. The summed E-state index contributed by atoms with van der Waals surface area (Å²) in [6, 6.07) is 13.8. The number of aldehydes is 1. The van der Waals surface area contributed by atoms with Crippen molar-refractivity contribution in [2.45, 2.75) is 0 Å². The average molecular weight is 253 g/mol. The average Bonchev–Trinajstić information content (AvgIpc) is 2.48. The summed E-state index contributed by atoms with van der Waals surface area (Å²) >= 11 is 0. The molecule has 0 unspecified atom stereocenters. The lowest BCUT2D eigenvalue weighted by molar-refractivity contribution is 0.112. The first-order valence-corrected chi connectivity index (χ1v) is 5.58. The number of nitriles is 1. The van der Waals surface area contributed by atoms with Crippen LogP contribution in [0.25, 0.3) is 0 Å². The van der Waals surface area contributed by atoms with Gasteiger partial charge in [-0.05, 0) is 30.3 Å². The molecule has 0 atom stereocenters. The summed E-state index contributed by atoms with van der Waals surface area (Å²) in [7, 11) is 1.49. The van der Waals surface area contributed by atoms with E-state index in [2.05, 4.69) is 6.07 Å². The number of hydrogen-bond acceptors (Lipinski definition) is 4. The van der Waals surface area contributed by atoms with Crippen LogP contribution in [0, 0.1) is 11.3 Å². The van der Waals surface area contributed by atoms with E-state index in [9.17, 15) is 4.79 Å². The van der Waals surface area contributed by atoms with Crippen molar-refractivity contribution in [2.75, 3.05) is 7.11 Å². The zero-order valence-electron chi connectivity index (χ0n) is 10.3. The molecule has 2 rings (SSSR count). The zero-order chi connectivity index (χ0) is 13.7. The lowest BCUT2D eigenvalue weighted by Crippen LogP contribution is -1.93. The fourth-order valence-corrected chi connectivity index (χ4v) is 1.61. The van der Waals surface area contributed by atoms with Crippen molar-refractivity contribution in [2.24, 2.45) is 0 Å². The Morgan fingerprint density at radius 1 is 1.11 bits per heavy atom. The monoisotopic (exact) mass is 253 g/mol. The van der Waals surface area contributed by atoms with Gasteiger partial charge in [0.2, 0.25) is 0 Å². The number of benzene rings is 2. The first kappa shape index (κ1) is 12.7. The van der Waals surface area contributed by atoms with Gasteiger partial charge >= 0.3 is 0 Å². The Balaban J connectivity index is 2.38. The molecule has 0 aromatic heterocycles. The quantitative estimate of drug-likeness (QED) is 0.785. The van der Waals surface area contributed by atoms with Crippen LogP contribution in [0.3, 0.4) is 0 Å². The van der Waals surface area contributed by atoms with E-state index in [0.29, 0.717) is 28.4 Å². The minimum absolute atomic E-state index is 0.434. The maximum atomic E-state index is 10.7. The molecular weight excluding hydrogens is 242 g/mol. The van der Waals surface area contributed by atoms with Gasteiger partial charge in [-0.25, -0.2) is 0 Å². The summed E-state index contributed by atoms with van der Waals surface area (Å²) in [5, 5.41) is 9.00. The van der Waals surface area contributed by atoms with Crippen LogP contribution in [0.5, 0.6) is 17.2 Å². The van der Waals surface area contributed by atoms with Gasteiger partial charge < -0.3 is 9.47 Å². The first-order valence-electron chi connectivity index (χ1n) is 5.58. The summed E-state index contributed by atoms with van der Waals surface area (Å²) in [5.41, 5.74) is 0.932. The maximum absolute atomic E-state index is 10.7. The first-order chi connectivity index (χ1) is 9.28. The van der Waals surface area contributed by atoms with Gasteiger partial charge in [0.25, 0.3) is 0 Å². The number of methoxy groups -OCH3 is 1. The minimum atomic E-state index is 0.434. The third-order valence-electron chi connectivity index (χ3n) is 2.55. The molecule has 0 fully saturated rings. The van der Waals surface area contributed by atoms with E-state index >= 15 is 0 Å². The second-order valence-corrected chi connectivity index (χ2v) is 3.74. The summed E-state index contributed by atoms with van der Waals surface area (Å²) in [5.74, 6) is 1.34. The van der Waals surface area contributed by atoms with E-state index < -0.39 is 0 Å². The molecule has 0 radical (unpaired) electrons. The highest BCUT2D eigenvalue weighted by atomic mass is 16.5. The van der Waals surface area contributed by atoms with Crippen molar-refractivity contribution in [3.63, 3.8) is 0 Å². The predicted octanol–water partition coefficient (Wildman–Crippen LogP) is 3.17. The SMILES string of the molecule is COc1cc(C=O)ccc1Oc1ccccc1C#N. The Labute approximate surface area is 110 Å². The van der Waals surface area contributed by atoms with E-state index in [4.69, 9.17) is 14.7 Å². The van der Waals surface area contributed by atoms with Crippen LogP contribution in [0.4, 0.5) is 0 Å². The highest BCUT2D eigenvalue weighted by molar-refractivity contribution is 5.76. The molecule has 0 heterocycles. The number of ether oxygens (including phenoxy) is 2. The third kappa shape index (κ3) is 2.72. The van der Waals surface area contributed by atoms with Gasteiger partial charge in [-0.3, -0.25) is 4.79 Å². The second-order valence-electron chi connectivity index (χ2n) is 3.74. The predicted molar refractivity (Wildman–Crippen MR) is 69.6 cm³/mol. The zero-order valence-corrected chi connectivity index (χ0v) is 10.3. The van der Waals surface area contributed by atoms with Crippen molar-refractivity contribution in [1.82, 2.24) is 0 Å². The summed E-state index contributed by atoms with van der Waals surface area (Å²) < 4.78 is 10.8. The van der Waals surface area contributed by atoms with Crippen molar-refractivity contribution in [1.29, 1.82) is 5.26 Å². The molecule has 0 aliphatic rings. The Morgan fingerprint density at radius 2 is 1.89 bits per heavy atom. The molecule has 0 spiro atoms. The van der Waals surface area contributed by atoms with Crippen LogP contribution in [0.2, 0.25) is 0 Å². The molecule has 0 aliphatic heterocycles. The van der Waals surface area contributed by atoms with E-state index in [0.717, 1.165) is 6.29 Å². The molecule has 0 amide bonds. The number of hydrogen-bond donors (Lipinski definition) is 0. The molecule has 0 N–H and O–H groups in total. The number of rotatable bonds is 4. The maximum Gasteiger partial charge on any atom is 0.169 e. The van der Waals surface area contributed by atoms with E-state index in [1.165, 1.54) is 7.11 Å². The highest BCUT2D eigenvalue weighted by Gasteiger charge is 2.09. The minimum Gasteiger partial charge on any atom is -0.493 e. The standard InChI is InChI=1S/C15H11NO3/c1-18-15-8-11(10-17)6-7-14(15)19-13-5-3-2-4-12(13)9-16/h2-8,10H,1H3. The van der Waals surface area contributed by atoms with Gasteiger partial charge in [0.15, 0.2) is 11.5 Å². The topological polar surface area (TPSA) is 59.3 Å². The molecule has 0 bridgehead atoms. The Morgan fingerprint density at radius 3 is 2.58 bits per heavy atom. The van der Waals surface area contributed by atoms with Gasteiger partial charge in [0.1, 0.15) is 18.1 Å². The molecule has 0 saturated carbocycles. The second kappa shape index (κ2) is 5.69. The summed E-state index contributed by atoms with van der Waals surface area (Å²) in [6.45, 7) is 0. The van der Waals surface area contributed by atoms with Crippen LogP contribution >= 0.6 is 0 Å². The van der Waals surface area contributed by atoms with Crippen LogP contribution in [-0.4, -0.2) is 13.4 Å². The number of carbonyl (C=O) groups is 1. The fourth-order valence-electron chi connectivity index (χ4n) is 1.61. The molecule has 4 nitrogen and oxygen atoms in total. The van der Waals surface area contributed by atoms with Gasteiger partial charge in [0.05, 0.1) is 12.7 Å². The van der Waals surface area contributed by atoms with Crippen molar-refractivity contribution in [3.05, 3.63) is 53.6 Å². The summed E-state index contributed by atoms with van der Waals surface area (Å²) in [6.07, 6.45) is 0.732. The van der Waals surface area contributed by atoms with E-state index in [1.54, 1.807) is 42.5 Å². The smallest absolute Gasteiger partial charge is 0.169 e. The molecule has 94 valence electrons. The van der Waals surface area contributed by atoms with E-state index in [1.807, 2.05) is 0 Å². The van der Waals surface area contributed by atoms with Crippen molar-refractivity contribution < 1.29 is 14.3 Å². The third-order valence-corrected chi connectivity index (χ3v) is 2.55. The van der Waals surface area contributed by atoms with Gasteiger partial charge in [-0.2, -0.15) is 5.26 Å². The molecule has 2 aromatic carbocycles. The van der Waals surface area contributed by atoms with Gasteiger partial charge in [-0.1, -0.05) is 12.1 Å². The summed E-state index contributed by atoms with van der Waals surface area (Å²) in [4.78, 5) is 10.7. The largest absolute Gasteiger partial charge is 0.493 e. The lowest BCUT2D eigenvalue weighted by atomic mass is 10.2. The van der Waals surface area contributed by atoms with Crippen molar-refractivity contribution in [3.8, 4) is 23.3 Å². The van der Waals surface area contributed by atoms with Crippen LogP contribution in [0.15, 0.2) is 42.5 Å². The Hall–Kier alpha value is -2.80. The molecule has 0 aliphatic carbocycles. The molecule has 2 aromatic rings. The fraction of sp³-hybridized carbons (Fsp3) is 0.0667.